The van der Waals surface area contributed by atoms with Gasteiger partial charge in [0, 0.05) is 29.8 Å². The standard InChI is InChI=1S/C26H25N7O3/c1-26(2,3)21-10-19(30(4)29-21)23(34)31-13-14-9-18(31)22-24(35)33(25(36)32(14)22)20-12-28-17(11-27)15-7-5-6-8-16(15)20/h5-8,10,12,14,18,22H,9,13H2,1-4H3/t14-,18-,22-/m0/s1. The van der Waals surface area contributed by atoms with Gasteiger partial charge in [-0.1, -0.05) is 45.0 Å². The third kappa shape index (κ3) is 2.92. The fourth-order valence-corrected chi connectivity index (χ4v) is 5.74. The molecule has 10 nitrogen and oxygen atoms in total. The van der Waals surface area contributed by atoms with Crippen LogP contribution < -0.4 is 4.90 Å². The summed E-state index contributed by atoms with van der Waals surface area (Å²) in [7, 11) is 1.75. The van der Waals surface area contributed by atoms with Gasteiger partial charge in [-0.25, -0.2) is 14.7 Å². The van der Waals surface area contributed by atoms with Crippen LogP contribution in [0.15, 0.2) is 36.5 Å². The van der Waals surface area contributed by atoms with Gasteiger partial charge in [0.05, 0.1) is 29.7 Å². The van der Waals surface area contributed by atoms with Crippen molar-refractivity contribution in [3.63, 3.8) is 0 Å². The molecule has 3 aromatic rings. The lowest BCUT2D eigenvalue weighted by atomic mass is 9.92. The Hall–Kier alpha value is -4.26. The molecular weight excluding hydrogens is 458 g/mol. The van der Waals surface area contributed by atoms with E-state index in [0.29, 0.717) is 35.1 Å². The number of likely N-dealkylation sites (tertiary alicyclic amines) is 1. The Morgan fingerprint density at radius 2 is 1.89 bits per heavy atom. The predicted octanol–water partition coefficient (Wildman–Crippen LogP) is 2.57. The van der Waals surface area contributed by atoms with E-state index in [9.17, 15) is 19.6 Å². The number of imide groups is 1. The molecule has 5 heterocycles. The van der Waals surface area contributed by atoms with Gasteiger partial charge in [0.2, 0.25) is 0 Å². The summed E-state index contributed by atoms with van der Waals surface area (Å²) in [5.74, 6) is -0.557. The molecular formula is C26H25N7O3. The van der Waals surface area contributed by atoms with E-state index >= 15 is 0 Å². The van der Waals surface area contributed by atoms with Crippen LogP contribution in [0.3, 0.4) is 0 Å². The van der Waals surface area contributed by atoms with Crippen LogP contribution in [-0.4, -0.2) is 67.1 Å². The minimum Gasteiger partial charge on any atom is -0.330 e. The Morgan fingerprint density at radius 3 is 2.56 bits per heavy atom. The first kappa shape index (κ1) is 22.2. The number of aryl methyl sites for hydroxylation is 1. The van der Waals surface area contributed by atoms with E-state index in [-0.39, 0.29) is 29.0 Å². The third-order valence-electron chi connectivity index (χ3n) is 7.51. The fourth-order valence-electron chi connectivity index (χ4n) is 5.74. The van der Waals surface area contributed by atoms with Crippen LogP contribution in [0.1, 0.15) is 49.1 Å². The number of anilines is 1. The van der Waals surface area contributed by atoms with Crippen molar-refractivity contribution < 1.29 is 14.4 Å². The van der Waals surface area contributed by atoms with Crippen molar-refractivity contribution in [1.29, 1.82) is 5.26 Å². The summed E-state index contributed by atoms with van der Waals surface area (Å²) < 4.78 is 1.59. The average Bonchev–Trinajstić information content (AvgIpc) is 3.60. The number of nitriles is 1. The molecule has 0 saturated carbocycles. The Morgan fingerprint density at radius 1 is 1.17 bits per heavy atom. The highest BCUT2D eigenvalue weighted by Gasteiger charge is 2.63. The number of carbonyl (C=O) groups is 3. The normalized spacial score (nSPS) is 23.1. The summed E-state index contributed by atoms with van der Waals surface area (Å²) in [6.07, 6.45) is 1.98. The number of carbonyl (C=O) groups excluding carboxylic acids is 3. The second-order valence-corrected chi connectivity index (χ2v) is 10.7. The first-order valence-electron chi connectivity index (χ1n) is 11.9. The molecule has 3 atom stereocenters. The van der Waals surface area contributed by atoms with Crippen molar-refractivity contribution in [2.24, 2.45) is 7.05 Å². The Balaban J connectivity index is 1.34. The largest absolute Gasteiger partial charge is 0.332 e. The van der Waals surface area contributed by atoms with Gasteiger partial charge in [0.1, 0.15) is 23.5 Å². The SMILES string of the molecule is Cn1nc(C(C)(C)C)cc1C(=O)N1C[C@@H]2C[C@H]1[C@H]1C(=O)N(c3cnc(C#N)c4ccccc34)C(=O)N21. The molecule has 0 radical (unpaired) electrons. The maximum absolute atomic E-state index is 13.7. The van der Waals surface area contributed by atoms with Crippen LogP contribution in [0.25, 0.3) is 10.8 Å². The highest BCUT2D eigenvalue weighted by molar-refractivity contribution is 6.25. The second-order valence-electron chi connectivity index (χ2n) is 10.7. The lowest BCUT2D eigenvalue weighted by molar-refractivity contribution is -0.121. The van der Waals surface area contributed by atoms with Crippen molar-refractivity contribution in [3.8, 4) is 6.07 Å². The molecule has 3 saturated heterocycles. The van der Waals surface area contributed by atoms with E-state index in [1.807, 2.05) is 26.8 Å². The predicted molar refractivity (Wildman–Crippen MR) is 130 cm³/mol. The van der Waals surface area contributed by atoms with Crippen molar-refractivity contribution in [2.45, 2.75) is 50.7 Å². The first-order valence-corrected chi connectivity index (χ1v) is 11.9. The number of hydrogen-bond donors (Lipinski definition) is 0. The van der Waals surface area contributed by atoms with Crippen molar-refractivity contribution in [1.82, 2.24) is 24.6 Å². The number of piperazine rings is 1. The number of pyridine rings is 1. The van der Waals surface area contributed by atoms with E-state index in [4.69, 9.17) is 0 Å². The monoisotopic (exact) mass is 483 g/mol. The van der Waals surface area contributed by atoms with Crippen molar-refractivity contribution in [3.05, 3.63) is 53.6 Å². The van der Waals surface area contributed by atoms with Crippen LogP contribution >= 0.6 is 0 Å². The quantitative estimate of drug-likeness (QED) is 0.518. The van der Waals surface area contributed by atoms with Gasteiger partial charge >= 0.3 is 6.03 Å². The summed E-state index contributed by atoms with van der Waals surface area (Å²) >= 11 is 0. The van der Waals surface area contributed by atoms with Gasteiger partial charge < -0.3 is 9.80 Å². The van der Waals surface area contributed by atoms with Crippen LogP contribution in [-0.2, 0) is 17.3 Å². The zero-order valence-corrected chi connectivity index (χ0v) is 20.5. The average molecular weight is 484 g/mol. The van der Waals surface area contributed by atoms with Crippen LogP contribution in [0.2, 0.25) is 0 Å². The smallest absolute Gasteiger partial charge is 0.330 e. The molecule has 36 heavy (non-hydrogen) atoms. The molecule has 2 aromatic heterocycles. The molecule has 4 amide bonds. The van der Waals surface area contributed by atoms with E-state index in [0.717, 1.165) is 10.6 Å². The second kappa shape index (κ2) is 7.37. The summed E-state index contributed by atoms with van der Waals surface area (Å²) in [5.41, 5.74) is 1.67. The number of aromatic nitrogens is 3. The molecule has 6 rings (SSSR count). The summed E-state index contributed by atoms with van der Waals surface area (Å²) in [4.78, 5) is 49.5. The number of nitrogens with zero attached hydrogens (tertiary/aromatic N) is 7. The lowest BCUT2D eigenvalue weighted by Crippen LogP contribution is -2.55. The van der Waals surface area contributed by atoms with E-state index in [1.165, 1.54) is 6.20 Å². The number of fused-ring (bicyclic) bond motifs is 6. The third-order valence-corrected chi connectivity index (χ3v) is 7.51. The van der Waals surface area contributed by atoms with E-state index in [1.54, 1.807) is 45.8 Å². The van der Waals surface area contributed by atoms with E-state index < -0.39 is 18.1 Å². The topological polar surface area (TPSA) is 115 Å². The Kier molecular flexibility index (Phi) is 4.55. The van der Waals surface area contributed by atoms with Gasteiger partial charge in [-0.05, 0) is 12.5 Å². The van der Waals surface area contributed by atoms with Gasteiger partial charge in [-0.2, -0.15) is 10.4 Å². The molecule has 1 aromatic carbocycles. The number of amides is 4. The Labute approximate surface area is 207 Å². The van der Waals surface area contributed by atoms with Gasteiger partial charge in [-0.3, -0.25) is 14.3 Å². The van der Waals surface area contributed by atoms with Crippen LogP contribution in [0.4, 0.5) is 10.5 Å². The molecule has 0 unspecified atom stereocenters. The molecule has 0 N–H and O–H groups in total. The first-order chi connectivity index (χ1) is 17.1. The summed E-state index contributed by atoms with van der Waals surface area (Å²) in [5, 5.41) is 15.1. The molecule has 3 aliphatic rings. The maximum Gasteiger partial charge on any atom is 0.332 e. The fraction of sp³-hybridized carbons (Fsp3) is 0.385. The minimum atomic E-state index is -0.745. The number of rotatable bonds is 2. The van der Waals surface area contributed by atoms with E-state index in [2.05, 4.69) is 16.2 Å². The van der Waals surface area contributed by atoms with Gasteiger partial charge in [0.25, 0.3) is 11.8 Å². The number of benzene rings is 1. The van der Waals surface area contributed by atoms with Crippen LogP contribution in [0, 0.1) is 11.3 Å². The molecule has 0 aliphatic carbocycles. The summed E-state index contributed by atoms with van der Waals surface area (Å²) in [6, 6.07) is 9.18. The number of urea groups is 1. The van der Waals surface area contributed by atoms with Crippen LogP contribution in [0.5, 0.6) is 0 Å². The maximum atomic E-state index is 13.7. The minimum absolute atomic E-state index is 0.183. The number of hydrogen-bond acceptors (Lipinski definition) is 6. The molecule has 0 spiro atoms. The zero-order chi connectivity index (χ0) is 25.5. The summed E-state index contributed by atoms with van der Waals surface area (Å²) in [6.45, 7) is 6.49. The van der Waals surface area contributed by atoms with Crippen molar-refractivity contribution in [2.75, 3.05) is 11.4 Å². The molecule has 3 aliphatic heterocycles. The lowest BCUT2D eigenvalue weighted by Gasteiger charge is -2.34. The molecule has 182 valence electrons. The highest BCUT2D eigenvalue weighted by atomic mass is 16.2. The zero-order valence-electron chi connectivity index (χ0n) is 20.5. The highest BCUT2D eigenvalue weighted by Crippen LogP contribution is 2.44. The molecule has 3 fully saturated rings. The van der Waals surface area contributed by atoms with Gasteiger partial charge in [0.15, 0.2) is 0 Å². The van der Waals surface area contributed by atoms with Gasteiger partial charge in [-0.15, -0.1) is 0 Å². The Bertz CT molecular complexity index is 1510. The molecule has 10 heteroatoms. The van der Waals surface area contributed by atoms with Crippen molar-refractivity contribution >= 4 is 34.3 Å². The molecule has 2 bridgehead atoms.